The fourth-order valence-corrected chi connectivity index (χ4v) is 4.03. The number of nitro groups is 1. The van der Waals surface area contributed by atoms with E-state index in [0.29, 0.717) is 16.9 Å². The average Bonchev–Trinajstić information content (AvgIpc) is 3.39. The van der Waals surface area contributed by atoms with E-state index in [1.54, 1.807) is 42.2 Å². The molecule has 1 saturated carbocycles. The van der Waals surface area contributed by atoms with E-state index in [1.807, 2.05) is 0 Å². The molecule has 1 aromatic heterocycles. The number of benzene rings is 2. The summed E-state index contributed by atoms with van der Waals surface area (Å²) < 4.78 is 15.6. The number of anilines is 1. The molecule has 4 rings (SSSR count). The number of hydrogen-bond acceptors (Lipinski definition) is 4. The molecule has 1 aliphatic rings. The van der Waals surface area contributed by atoms with Gasteiger partial charge in [-0.05, 0) is 38.0 Å². The molecule has 0 bridgehead atoms. The number of carbonyl (C=O) groups excluding carboxylic acids is 1. The standard InChI is InChI=1S/C22H21FN4O3/c1-15-19(14-24-26(15)21-12-5-4-11-20(21)23)22(28)25(16-7-2-3-8-16)17-9-6-10-18(13-17)27(29)30/h4-6,9-14,16H,2-3,7-8H2,1H3. The van der Waals surface area contributed by atoms with Crippen LogP contribution in [0.2, 0.25) is 0 Å². The Morgan fingerprint density at radius 2 is 1.93 bits per heavy atom. The van der Waals surface area contributed by atoms with Crippen molar-refractivity contribution < 1.29 is 14.1 Å². The SMILES string of the molecule is Cc1c(C(=O)N(c2cccc([N+](=O)[O-])c2)C2CCCC2)cnn1-c1ccccc1F. The van der Waals surface area contributed by atoms with Crippen LogP contribution in [0.1, 0.15) is 41.7 Å². The molecule has 2 aromatic carbocycles. The first-order valence-electron chi connectivity index (χ1n) is 9.85. The van der Waals surface area contributed by atoms with E-state index >= 15 is 0 Å². The van der Waals surface area contributed by atoms with Crippen molar-refractivity contribution in [2.75, 3.05) is 4.90 Å². The molecule has 0 radical (unpaired) electrons. The number of rotatable bonds is 5. The Balaban J connectivity index is 1.76. The third-order valence-electron chi connectivity index (χ3n) is 5.55. The molecule has 0 N–H and O–H groups in total. The predicted molar refractivity (Wildman–Crippen MR) is 110 cm³/mol. The van der Waals surface area contributed by atoms with Gasteiger partial charge in [-0.25, -0.2) is 9.07 Å². The van der Waals surface area contributed by atoms with Crippen molar-refractivity contribution in [3.05, 3.63) is 81.9 Å². The minimum Gasteiger partial charge on any atom is -0.305 e. The third kappa shape index (κ3) is 3.56. The highest BCUT2D eigenvalue weighted by atomic mass is 19.1. The van der Waals surface area contributed by atoms with Gasteiger partial charge in [0.15, 0.2) is 0 Å². The molecule has 0 saturated heterocycles. The number of nitrogens with zero attached hydrogens (tertiary/aromatic N) is 4. The molecule has 154 valence electrons. The molecular formula is C22H21FN4O3. The summed E-state index contributed by atoms with van der Waals surface area (Å²) >= 11 is 0. The van der Waals surface area contributed by atoms with E-state index in [2.05, 4.69) is 5.10 Å². The van der Waals surface area contributed by atoms with Crippen LogP contribution in [0, 0.1) is 22.9 Å². The van der Waals surface area contributed by atoms with Crippen LogP contribution >= 0.6 is 0 Å². The van der Waals surface area contributed by atoms with Gasteiger partial charge < -0.3 is 4.90 Å². The van der Waals surface area contributed by atoms with Gasteiger partial charge in [-0.3, -0.25) is 14.9 Å². The second-order valence-electron chi connectivity index (χ2n) is 7.40. The Bertz CT molecular complexity index is 1110. The summed E-state index contributed by atoms with van der Waals surface area (Å²) in [6.07, 6.45) is 5.08. The summed E-state index contributed by atoms with van der Waals surface area (Å²) in [5.74, 6) is -0.725. The zero-order chi connectivity index (χ0) is 21.3. The summed E-state index contributed by atoms with van der Waals surface area (Å²) in [7, 11) is 0. The highest BCUT2D eigenvalue weighted by molar-refractivity contribution is 6.07. The van der Waals surface area contributed by atoms with Crippen LogP contribution in [0.15, 0.2) is 54.7 Å². The first-order valence-corrected chi connectivity index (χ1v) is 9.85. The van der Waals surface area contributed by atoms with Gasteiger partial charge in [0.25, 0.3) is 11.6 Å². The van der Waals surface area contributed by atoms with Crippen LogP contribution in [-0.2, 0) is 0 Å². The van der Waals surface area contributed by atoms with Crippen LogP contribution in [0.5, 0.6) is 0 Å². The summed E-state index contributed by atoms with van der Waals surface area (Å²) in [5.41, 5.74) is 1.54. The topological polar surface area (TPSA) is 81.3 Å². The highest BCUT2D eigenvalue weighted by Gasteiger charge is 2.31. The van der Waals surface area contributed by atoms with Gasteiger partial charge in [-0.15, -0.1) is 0 Å². The molecule has 0 unspecified atom stereocenters. The molecular weight excluding hydrogens is 387 g/mol. The highest BCUT2D eigenvalue weighted by Crippen LogP contribution is 2.32. The zero-order valence-corrected chi connectivity index (χ0v) is 16.5. The lowest BCUT2D eigenvalue weighted by Crippen LogP contribution is -2.39. The van der Waals surface area contributed by atoms with Crippen molar-refractivity contribution in [1.29, 1.82) is 0 Å². The molecule has 3 aromatic rings. The van der Waals surface area contributed by atoms with Crippen molar-refractivity contribution >= 4 is 17.3 Å². The van der Waals surface area contributed by atoms with E-state index in [-0.39, 0.29) is 23.3 Å². The summed E-state index contributed by atoms with van der Waals surface area (Å²) in [4.78, 5) is 26.0. The summed E-state index contributed by atoms with van der Waals surface area (Å²) in [5, 5.41) is 15.5. The van der Waals surface area contributed by atoms with Crippen LogP contribution in [0.3, 0.4) is 0 Å². The number of nitro benzene ring substituents is 1. The van der Waals surface area contributed by atoms with E-state index in [4.69, 9.17) is 0 Å². The van der Waals surface area contributed by atoms with Gasteiger partial charge >= 0.3 is 0 Å². The largest absolute Gasteiger partial charge is 0.305 e. The maximum absolute atomic E-state index is 14.2. The number of para-hydroxylation sites is 1. The van der Waals surface area contributed by atoms with Crippen molar-refractivity contribution in [2.24, 2.45) is 0 Å². The van der Waals surface area contributed by atoms with E-state index in [0.717, 1.165) is 25.7 Å². The summed E-state index contributed by atoms with van der Waals surface area (Å²) in [6.45, 7) is 1.72. The third-order valence-corrected chi connectivity index (χ3v) is 5.55. The van der Waals surface area contributed by atoms with E-state index in [9.17, 15) is 19.3 Å². The lowest BCUT2D eigenvalue weighted by Gasteiger charge is -2.29. The molecule has 1 amide bonds. The average molecular weight is 408 g/mol. The monoisotopic (exact) mass is 408 g/mol. The maximum Gasteiger partial charge on any atom is 0.271 e. The van der Waals surface area contributed by atoms with Crippen molar-refractivity contribution in [1.82, 2.24) is 9.78 Å². The molecule has 0 spiro atoms. The van der Waals surface area contributed by atoms with Gasteiger partial charge in [-0.2, -0.15) is 5.10 Å². The van der Waals surface area contributed by atoms with Gasteiger partial charge in [-0.1, -0.05) is 31.0 Å². The number of halogens is 1. The zero-order valence-electron chi connectivity index (χ0n) is 16.5. The number of carbonyl (C=O) groups is 1. The molecule has 1 heterocycles. The fraction of sp³-hybridized carbons (Fsp3) is 0.273. The van der Waals surface area contributed by atoms with Crippen molar-refractivity contribution in [2.45, 2.75) is 38.6 Å². The van der Waals surface area contributed by atoms with Gasteiger partial charge in [0, 0.05) is 18.2 Å². The van der Waals surface area contributed by atoms with Crippen LogP contribution in [-0.4, -0.2) is 26.7 Å². The lowest BCUT2D eigenvalue weighted by molar-refractivity contribution is -0.384. The smallest absolute Gasteiger partial charge is 0.271 e. The van der Waals surface area contributed by atoms with Gasteiger partial charge in [0.05, 0.1) is 28.1 Å². The Morgan fingerprint density at radius 3 is 2.63 bits per heavy atom. The molecule has 7 nitrogen and oxygen atoms in total. The van der Waals surface area contributed by atoms with Crippen molar-refractivity contribution in [3.63, 3.8) is 0 Å². The maximum atomic E-state index is 14.2. The van der Waals surface area contributed by atoms with E-state index < -0.39 is 10.7 Å². The second kappa shape index (κ2) is 8.06. The normalized spacial score (nSPS) is 14.1. The predicted octanol–water partition coefficient (Wildman–Crippen LogP) is 4.82. The van der Waals surface area contributed by atoms with E-state index in [1.165, 1.54) is 29.1 Å². The Kier molecular flexibility index (Phi) is 5.31. The minimum atomic E-state index is -0.470. The first-order chi connectivity index (χ1) is 14.5. The molecule has 1 fully saturated rings. The van der Waals surface area contributed by atoms with Crippen LogP contribution in [0.4, 0.5) is 15.8 Å². The molecule has 1 aliphatic carbocycles. The summed E-state index contributed by atoms with van der Waals surface area (Å²) in [6, 6.07) is 12.3. The first kappa shape index (κ1) is 19.8. The fourth-order valence-electron chi connectivity index (χ4n) is 4.03. The molecule has 8 heteroatoms. The number of aromatic nitrogens is 2. The van der Waals surface area contributed by atoms with Crippen LogP contribution < -0.4 is 4.90 Å². The lowest BCUT2D eigenvalue weighted by atomic mass is 10.1. The number of amides is 1. The quantitative estimate of drug-likeness (QED) is 0.448. The van der Waals surface area contributed by atoms with Crippen LogP contribution in [0.25, 0.3) is 5.69 Å². The van der Waals surface area contributed by atoms with Gasteiger partial charge in [0.2, 0.25) is 0 Å². The number of hydrogen-bond donors (Lipinski definition) is 0. The van der Waals surface area contributed by atoms with Crippen molar-refractivity contribution in [3.8, 4) is 5.69 Å². The Morgan fingerprint density at radius 1 is 1.20 bits per heavy atom. The minimum absolute atomic E-state index is 0.0456. The second-order valence-corrected chi connectivity index (χ2v) is 7.40. The molecule has 30 heavy (non-hydrogen) atoms. The molecule has 0 aliphatic heterocycles. The number of non-ortho nitro benzene ring substituents is 1. The Labute approximate surface area is 172 Å². The Hall–Kier alpha value is -3.55. The van der Waals surface area contributed by atoms with Gasteiger partial charge in [0.1, 0.15) is 11.5 Å². The molecule has 0 atom stereocenters.